The second-order valence-corrected chi connectivity index (χ2v) is 8.00. The zero-order valence-corrected chi connectivity index (χ0v) is 19.1. The summed E-state index contributed by atoms with van der Waals surface area (Å²) in [5.41, 5.74) is 3.95. The van der Waals surface area contributed by atoms with Gasteiger partial charge < -0.3 is 10.1 Å². The Kier molecular flexibility index (Phi) is 8.57. The van der Waals surface area contributed by atoms with E-state index in [-0.39, 0.29) is 11.8 Å². The summed E-state index contributed by atoms with van der Waals surface area (Å²) in [4.78, 5) is 27.7. The molecule has 2 aromatic carbocycles. The van der Waals surface area contributed by atoms with E-state index in [1.54, 1.807) is 6.08 Å². The van der Waals surface area contributed by atoms with Crippen LogP contribution in [0, 0.1) is 0 Å². The Morgan fingerprint density at radius 1 is 1.09 bits per heavy atom. The highest BCUT2D eigenvalue weighted by molar-refractivity contribution is 7.14. The molecule has 0 unspecified atom stereocenters. The number of carbonyl (C=O) groups excluding carboxylic acids is 2. The van der Waals surface area contributed by atoms with E-state index in [0.29, 0.717) is 18.3 Å². The first-order valence-corrected chi connectivity index (χ1v) is 11.4. The average Bonchev–Trinajstić information content (AvgIpc) is 3.25. The summed E-state index contributed by atoms with van der Waals surface area (Å²) in [6.45, 7) is 4.77. The quantitative estimate of drug-likeness (QED) is 0.340. The van der Waals surface area contributed by atoms with Gasteiger partial charge in [-0.05, 0) is 49.1 Å². The van der Waals surface area contributed by atoms with Crippen molar-refractivity contribution < 1.29 is 14.3 Å². The standard InChI is InChI=1S/C25H27N3O3S/c1-3-31-22-13-8-20(9-14-22)10-15-24(30)28-25-27-23(17-32-25)21-11-6-19(7-12-21)5-4-16-26-18(2)29/h6-15,17H,3-5,16H2,1-2H3,(H,26,29)(H,27,28,30)/b15-10+. The number of hydrogen-bond donors (Lipinski definition) is 2. The van der Waals surface area contributed by atoms with Crippen LogP contribution in [-0.2, 0) is 16.0 Å². The summed E-state index contributed by atoms with van der Waals surface area (Å²) in [5, 5.41) is 8.10. The third-order valence-corrected chi connectivity index (χ3v) is 5.38. The predicted molar refractivity (Wildman–Crippen MR) is 130 cm³/mol. The Balaban J connectivity index is 1.51. The number of anilines is 1. The normalized spacial score (nSPS) is 10.8. The van der Waals surface area contributed by atoms with Gasteiger partial charge in [-0.3, -0.25) is 14.9 Å². The Bertz CT molecular complexity index is 1060. The molecule has 1 aromatic heterocycles. The highest BCUT2D eigenvalue weighted by Crippen LogP contribution is 2.25. The fraction of sp³-hybridized carbons (Fsp3) is 0.240. The van der Waals surface area contributed by atoms with Gasteiger partial charge in [0.2, 0.25) is 11.8 Å². The van der Waals surface area contributed by atoms with E-state index in [1.807, 2.05) is 48.7 Å². The maximum atomic E-state index is 12.2. The lowest BCUT2D eigenvalue weighted by Gasteiger charge is -2.04. The zero-order chi connectivity index (χ0) is 22.8. The zero-order valence-electron chi connectivity index (χ0n) is 18.3. The number of rotatable bonds is 10. The fourth-order valence-corrected chi connectivity index (χ4v) is 3.75. The van der Waals surface area contributed by atoms with Crippen molar-refractivity contribution in [1.29, 1.82) is 0 Å². The van der Waals surface area contributed by atoms with Crippen LogP contribution in [0.2, 0.25) is 0 Å². The molecule has 0 saturated heterocycles. The molecule has 6 nitrogen and oxygen atoms in total. The number of amides is 2. The lowest BCUT2D eigenvalue weighted by atomic mass is 10.1. The number of aryl methyl sites for hydroxylation is 1. The lowest BCUT2D eigenvalue weighted by molar-refractivity contribution is -0.119. The molecule has 0 radical (unpaired) electrons. The molecule has 0 aliphatic heterocycles. The average molecular weight is 450 g/mol. The molecule has 2 amide bonds. The van der Waals surface area contributed by atoms with Crippen molar-refractivity contribution in [3.63, 3.8) is 0 Å². The summed E-state index contributed by atoms with van der Waals surface area (Å²) in [6.07, 6.45) is 5.05. The van der Waals surface area contributed by atoms with Gasteiger partial charge in [-0.15, -0.1) is 11.3 Å². The summed E-state index contributed by atoms with van der Waals surface area (Å²) >= 11 is 1.39. The molecule has 32 heavy (non-hydrogen) atoms. The third-order valence-electron chi connectivity index (χ3n) is 4.62. The van der Waals surface area contributed by atoms with Gasteiger partial charge in [0.05, 0.1) is 12.3 Å². The van der Waals surface area contributed by atoms with Gasteiger partial charge in [0.1, 0.15) is 5.75 Å². The first-order valence-electron chi connectivity index (χ1n) is 10.5. The summed E-state index contributed by atoms with van der Waals surface area (Å²) in [7, 11) is 0. The third kappa shape index (κ3) is 7.35. The molecular formula is C25H27N3O3S. The van der Waals surface area contributed by atoms with Crippen LogP contribution in [0.5, 0.6) is 5.75 Å². The molecule has 0 bridgehead atoms. The molecule has 0 saturated carbocycles. The summed E-state index contributed by atoms with van der Waals surface area (Å²) in [5.74, 6) is 0.579. The van der Waals surface area contributed by atoms with Crippen LogP contribution >= 0.6 is 11.3 Å². The topological polar surface area (TPSA) is 80.3 Å². The van der Waals surface area contributed by atoms with E-state index in [9.17, 15) is 9.59 Å². The van der Waals surface area contributed by atoms with E-state index in [0.717, 1.165) is 35.4 Å². The largest absolute Gasteiger partial charge is 0.494 e. The Labute approximate surface area is 192 Å². The number of thiazole rings is 1. The molecule has 3 aromatic rings. The molecule has 2 N–H and O–H groups in total. The van der Waals surface area contributed by atoms with Crippen molar-refractivity contribution >= 4 is 34.4 Å². The van der Waals surface area contributed by atoms with Crippen molar-refractivity contribution in [2.24, 2.45) is 0 Å². The Morgan fingerprint density at radius 3 is 2.53 bits per heavy atom. The minimum atomic E-state index is -0.227. The van der Waals surface area contributed by atoms with Crippen LogP contribution in [0.15, 0.2) is 60.0 Å². The summed E-state index contributed by atoms with van der Waals surface area (Å²) in [6, 6.07) is 15.8. The second kappa shape index (κ2) is 11.8. The van der Waals surface area contributed by atoms with Crippen LogP contribution in [0.1, 0.15) is 31.4 Å². The van der Waals surface area contributed by atoms with Gasteiger partial charge in [0.15, 0.2) is 5.13 Å². The van der Waals surface area contributed by atoms with Crippen molar-refractivity contribution in [1.82, 2.24) is 10.3 Å². The van der Waals surface area contributed by atoms with Gasteiger partial charge in [-0.2, -0.15) is 0 Å². The van der Waals surface area contributed by atoms with Crippen LogP contribution in [0.4, 0.5) is 5.13 Å². The van der Waals surface area contributed by atoms with Gasteiger partial charge in [-0.1, -0.05) is 36.4 Å². The number of nitrogens with one attached hydrogen (secondary N) is 2. The number of ether oxygens (including phenoxy) is 1. The number of nitrogens with zero attached hydrogens (tertiary/aromatic N) is 1. The van der Waals surface area contributed by atoms with Gasteiger partial charge >= 0.3 is 0 Å². The van der Waals surface area contributed by atoms with Crippen LogP contribution in [-0.4, -0.2) is 29.9 Å². The Morgan fingerprint density at radius 2 is 1.84 bits per heavy atom. The molecule has 0 atom stereocenters. The highest BCUT2D eigenvalue weighted by atomic mass is 32.1. The SMILES string of the molecule is CCOc1ccc(/C=C/C(=O)Nc2nc(-c3ccc(CCCNC(C)=O)cc3)cs2)cc1. The van der Waals surface area contributed by atoms with E-state index in [1.165, 1.54) is 29.9 Å². The number of carbonyl (C=O) groups is 2. The molecule has 3 rings (SSSR count). The van der Waals surface area contributed by atoms with Gasteiger partial charge in [0.25, 0.3) is 0 Å². The fourth-order valence-electron chi connectivity index (χ4n) is 3.02. The summed E-state index contributed by atoms with van der Waals surface area (Å²) < 4.78 is 5.42. The van der Waals surface area contributed by atoms with Crippen LogP contribution in [0.3, 0.4) is 0 Å². The van der Waals surface area contributed by atoms with Crippen LogP contribution < -0.4 is 15.4 Å². The molecular weight excluding hydrogens is 422 g/mol. The minimum absolute atomic E-state index is 0.00145. The molecule has 0 fully saturated rings. The monoisotopic (exact) mass is 449 g/mol. The molecule has 0 aliphatic rings. The maximum Gasteiger partial charge on any atom is 0.250 e. The van der Waals surface area contributed by atoms with E-state index in [4.69, 9.17) is 4.74 Å². The second-order valence-electron chi connectivity index (χ2n) is 7.15. The van der Waals surface area contributed by atoms with Crippen molar-refractivity contribution in [2.45, 2.75) is 26.7 Å². The minimum Gasteiger partial charge on any atom is -0.494 e. The molecule has 0 spiro atoms. The molecule has 0 aliphatic carbocycles. The first kappa shape index (κ1) is 23.2. The van der Waals surface area contributed by atoms with Crippen LogP contribution in [0.25, 0.3) is 17.3 Å². The number of hydrogen-bond acceptors (Lipinski definition) is 5. The van der Waals surface area contributed by atoms with Crippen molar-refractivity contribution in [3.05, 3.63) is 71.1 Å². The van der Waals surface area contributed by atoms with E-state index in [2.05, 4.69) is 27.8 Å². The smallest absolute Gasteiger partial charge is 0.250 e. The predicted octanol–water partition coefficient (Wildman–Crippen LogP) is 4.93. The van der Waals surface area contributed by atoms with Crippen molar-refractivity contribution in [3.8, 4) is 17.0 Å². The van der Waals surface area contributed by atoms with Crippen molar-refractivity contribution in [2.75, 3.05) is 18.5 Å². The van der Waals surface area contributed by atoms with Gasteiger partial charge in [-0.25, -0.2) is 4.98 Å². The lowest BCUT2D eigenvalue weighted by Crippen LogP contribution is -2.21. The number of benzene rings is 2. The number of aromatic nitrogens is 1. The van der Waals surface area contributed by atoms with Gasteiger partial charge in [0, 0.05) is 30.5 Å². The maximum absolute atomic E-state index is 12.2. The molecule has 166 valence electrons. The molecule has 1 heterocycles. The van der Waals surface area contributed by atoms with E-state index < -0.39 is 0 Å². The van der Waals surface area contributed by atoms with E-state index >= 15 is 0 Å². The first-order chi connectivity index (χ1) is 15.5. The Hall–Kier alpha value is -3.45. The highest BCUT2D eigenvalue weighted by Gasteiger charge is 2.07. The molecule has 7 heteroatoms.